The zero-order chi connectivity index (χ0) is 22.2. The molecule has 9 heteroatoms. The topological polar surface area (TPSA) is 52.6 Å². The van der Waals surface area contributed by atoms with Gasteiger partial charge in [0.25, 0.3) is 0 Å². The molecule has 164 valence electrons. The predicted octanol–water partition coefficient (Wildman–Crippen LogP) is 4.93. The van der Waals surface area contributed by atoms with Crippen molar-refractivity contribution in [1.29, 1.82) is 0 Å². The number of nitrogens with zero attached hydrogens (tertiary/aromatic N) is 5. The smallest absolute Gasteiger partial charge is 0.329 e. The summed E-state index contributed by atoms with van der Waals surface area (Å²) in [5.74, 6) is 0.0800. The van der Waals surface area contributed by atoms with Crippen molar-refractivity contribution in [3.63, 3.8) is 0 Å². The molecule has 0 bridgehead atoms. The first-order valence-corrected chi connectivity index (χ1v) is 10.7. The summed E-state index contributed by atoms with van der Waals surface area (Å²) in [6.07, 6.45) is 2.54. The summed E-state index contributed by atoms with van der Waals surface area (Å²) in [5.41, 5.74) is 2.01. The Balaban J connectivity index is 1.61. The van der Waals surface area contributed by atoms with Crippen molar-refractivity contribution in [2.75, 3.05) is 40.9 Å². The van der Waals surface area contributed by atoms with Crippen LogP contribution in [-0.2, 0) is 0 Å². The number of urea groups is 1. The maximum Gasteiger partial charge on any atom is 0.329 e. The monoisotopic (exact) mass is 455 g/mol. The van der Waals surface area contributed by atoms with Gasteiger partial charge in [0, 0.05) is 37.0 Å². The average Bonchev–Trinajstić information content (AvgIpc) is 3.40. The molecule has 0 saturated carbocycles. The molecule has 6 nitrogen and oxygen atoms in total. The third-order valence-electron chi connectivity index (χ3n) is 5.80. The van der Waals surface area contributed by atoms with E-state index in [1.54, 1.807) is 58.6 Å². The van der Waals surface area contributed by atoms with Crippen molar-refractivity contribution in [3.05, 3.63) is 65.8 Å². The second-order valence-corrected chi connectivity index (χ2v) is 8.15. The number of halogens is 3. The van der Waals surface area contributed by atoms with Gasteiger partial charge in [0.1, 0.15) is 17.1 Å². The van der Waals surface area contributed by atoms with Crippen molar-refractivity contribution in [1.82, 2.24) is 9.97 Å². The Morgan fingerprint density at radius 1 is 0.969 bits per heavy atom. The van der Waals surface area contributed by atoms with E-state index in [9.17, 15) is 13.6 Å². The van der Waals surface area contributed by atoms with Gasteiger partial charge in [-0.3, -0.25) is 9.80 Å². The largest absolute Gasteiger partial charge is 0.352 e. The normalized spacial score (nSPS) is 18.7. The number of amides is 2. The fourth-order valence-corrected chi connectivity index (χ4v) is 4.37. The van der Waals surface area contributed by atoms with E-state index in [-0.39, 0.29) is 12.6 Å². The molecule has 5 rings (SSSR count). The number of pyridine rings is 2. The van der Waals surface area contributed by atoms with Crippen LogP contribution in [-0.4, -0.2) is 48.3 Å². The molecule has 2 aromatic heterocycles. The lowest BCUT2D eigenvalue weighted by molar-refractivity contribution is 0.256. The van der Waals surface area contributed by atoms with E-state index in [1.807, 2.05) is 4.90 Å². The van der Waals surface area contributed by atoms with E-state index in [4.69, 9.17) is 11.6 Å². The minimum atomic E-state index is -0.965. The van der Waals surface area contributed by atoms with Gasteiger partial charge >= 0.3 is 6.03 Å². The first-order valence-electron chi connectivity index (χ1n) is 10.4. The molecule has 0 aliphatic carbocycles. The Hall–Kier alpha value is -3.26. The molecule has 2 amide bonds. The van der Waals surface area contributed by atoms with Crippen LogP contribution >= 0.6 is 11.6 Å². The summed E-state index contributed by atoms with van der Waals surface area (Å²) >= 11 is 5.88. The van der Waals surface area contributed by atoms with E-state index in [1.165, 1.54) is 6.07 Å². The quantitative estimate of drug-likeness (QED) is 0.523. The molecule has 0 spiro atoms. The van der Waals surface area contributed by atoms with Crippen molar-refractivity contribution >= 4 is 34.8 Å². The minimum Gasteiger partial charge on any atom is -0.352 e. The number of anilines is 3. The lowest BCUT2D eigenvalue weighted by Crippen LogP contribution is -2.34. The van der Waals surface area contributed by atoms with Crippen LogP contribution in [0.15, 0.2) is 54.9 Å². The van der Waals surface area contributed by atoms with E-state index in [0.717, 1.165) is 0 Å². The van der Waals surface area contributed by atoms with Crippen LogP contribution in [0.2, 0.25) is 5.15 Å². The summed E-state index contributed by atoms with van der Waals surface area (Å²) < 4.78 is 28.8. The molecule has 1 unspecified atom stereocenters. The molecule has 0 N–H and O–H groups in total. The summed E-state index contributed by atoms with van der Waals surface area (Å²) in [6, 6.07) is 11.2. The SMILES string of the molecule is O=C1N(c2ccc(Cl)nc2)CCN1c1c(-c2ccccc2F)ccnc1N1CCC(F)C1. The molecule has 2 saturated heterocycles. The fraction of sp³-hybridized carbons (Fsp3) is 0.261. The fourth-order valence-electron chi connectivity index (χ4n) is 4.26. The Kier molecular flexibility index (Phi) is 5.38. The van der Waals surface area contributed by atoms with Crippen molar-refractivity contribution in [2.24, 2.45) is 0 Å². The van der Waals surface area contributed by atoms with E-state index >= 15 is 0 Å². The van der Waals surface area contributed by atoms with E-state index in [0.29, 0.717) is 59.5 Å². The van der Waals surface area contributed by atoms with Crippen LogP contribution in [0.4, 0.5) is 30.8 Å². The van der Waals surface area contributed by atoms with Crippen LogP contribution in [0.25, 0.3) is 11.1 Å². The van der Waals surface area contributed by atoms with Gasteiger partial charge in [-0.25, -0.2) is 23.5 Å². The molecule has 4 heterocycles. The maximum absolute atomic E-state index is 14.8. The van der Waals surface area contributed by atoms with Crippen LogP contribution in [0.1, 0.15) is 6.42 Å². The molecule has 2 aliphatic heterocycles. The lowest BCUT2D eigenvalue weighted by Gasteiger charge is -2.27. The summed E-state index contributed by atoms with van der Waals surface area (Å²) in [7, 11) is 0. The lowest BCUT2D eigenvalue weighted by atomic mass is 10.0. The van der Waals surface area contributed by atoms with Gasteiger partial charge in [-0.1, -0.05) is 29.8 Å². The zero-order valence-corrected chi connectivity index (χ0v) is 17.8. The standard InChI is InChI=1S/C23H20ClF2N5O/c24-20-6-5-16(13-28-20)30-11-12-31(23(30)32)21-18(17-3-1-2-4-19(17)26)7-9-27-22(21)29-10-8-15(25)14-29/h1-7,9,13,15H,8,10-12,14H2. The minimum absolute atomic E-state index is 0.188. The van der Waals surface area contributed by atoms with Crippen molar-refractivity contribution in [2.45, 2.75) is 12.6 Å². The highest BCUT2D eigenvalue weighted by Crippen LogP contribution is 2.41. The number of alkyl halides is 1. The van der Waals surface area contributed by atoms with Crippen LogP contribution in [0.3, 0.4) is 0 Å². The van der Waals surface area contributed by atoms with Gasteiger partial charge in [-0.15, -0.1) is 0 Å². The Labute approximate surface area is 189 Å². The van der Waals surface area contributed by atoms with Gasteiger partial charge in [-0.05, 0) is 30.7 Å². The number of aromatic nitrogens is 2. The van der Waals surface area contributed by atoms with E-state index < -0.39 is 12.0 Å². The number of hydrogen-bond donors (Lipinski definition) is 0. The Bertz CT molecular complexity index is 1160. The first kappa shape index (κ1) is 20.6. The van der Waals surface area contributed by atoms with E-state index in [2.05, 4.69) is 9.97 Å². The van der Waals surface area contributed by atoms with Crippen molar-refractivity contribution in [3.8, 4) is 11.1 Å². The van der Waals surface area contributed by atoms with Gasteiger partial charge in [0.15, 0.2) is 5.82 Å². The molecule has 2 aliphatic rings. The Morgan fingerprint density at radius 2 is 1.78 bits per heavy atom. The third kappa shape index (κ3) is 3.64. The molecule has 32 heavy (non-hydrogen) atoms. The highest BCUT2D eigenvalue weighted by atomic mass is 35.5. The van der Waals surface area contributed by atoms with Crippen LogP contribution in [0.5, 0.6) is 0 Å². The van der Waals surface area contributed by atoms with Crippen LogP contribution < -0.4 is 14.7 Å². The summed E-state index contributed by atoms with van der Waals surface area (Å²) in [5, 5.41) is 0.337. The molecule has 3 aromatic rings. The molecular formula is C23H20ClF2N5O. The molecular weight excluding hydrogens is 436 g/mol. The zero-order valence-electron chi connectivity index (χ0n) is 17.1. The van der Waals surface area contributed by atoms with Gasteiger partial charge < -0.3 is 4.90 Å². The number of carbonyl (C=O) groups excluding carboxylic acids is 1. The second kappa shape index (κ2) is 8.35. The maximum atomic E-state index is 14.8. The summed E-state index contributed by atoms with van der Waals surface area (Å²) in [4.78, 5) is 27.0. The van der Waals surface area contributed by atoms with Crippen LogP contribution in [0, 0.1) is 5.82 Å². The Morgan fingerprint density at radius 3 is 2.50 bits per heavy atom. The highest BCUT2D eigenvalue weighted by Gasteiger charge is 2.36. The molecule has 1 aromatic carbocycles. The first-order chi connectivity index (χ1) is 15.5. The van der Waals surface area contributed by atoms with Gasteiger partial charge in [-0.2, -0.15) is 0 Å². The molecule has 0 radical (unpaired) electrons. The van der Waals surface area contributed by atoms with Gasteiger partial charge in [0.05, 0.1) is 24.1 Å². The number of carbonyl (C=O) groups is 1. The number of hydrogen-bond acceptors (Lipinski definition) is 4. The third-order valence-corrected chi connectivity index (χ3v) is 6.03. The molecule has 2 fully saturated rings. The highest BCUT2D eigenvalue weighted by molar-refractivity contribution is 6.29. The van der Waals surface area contributed by atoms with Gasteiger partial charge in [0.2, 0.25) is 0 Å². The summed E-state index contributed by atoms with van der Waals surface area (Å²) in [6.45, 7) is 1.45. The number of benzene rings is 1. The average molecular weight is 456 g/mol. The second-order valence-electron chi connectivity index (χ2n) is 7.77. The predicted molar refractivity (Wildman–Crippen MR) is 121 cm³/mol. The van der Waals surface area contributed by atoms with Crippen molar-refractivity contribution < 1.29 is 13.6 Å². The number of rotatable bonds is 4. The molecule has 1 atom stereocenters.